The molecule has 0 radical (unpaired) electrons. The zero-order valence-electron chi connectivity index (χ0n) is 7.34. The molecule has 0 N–H and O–H groups in total. The molecule has 1 unspecified atom stereocenters. The van der Waals surface area contributed by atoms with Crippen LogP contribution in [0.2, 0.25) is 0 Å². The second-order valence-electron chi connectivity index (χ2n) is 3.06. The number of hydrogen-bond acceptors (Lipinski definition) is 2. The molecule has 0 aliphatic carbocycles. The molecule has 1 atom stereocenters. The molecule has 0 aromatic rings. The van der Waals surface area contributed by atoms with Gasteiger partial charge in [0, 0.05) is 22.5 Å². The van der Waals surface area contributed by atoms with Crippen LogP contribution in [-0.2, 0) is 0 Å². The summed E-state index contributed by atoms with van der Waals surface area (Å²) in [6, 6.07) is 0. The van der Waals surface area contributed by atoms with E-state index in [-0.39, 0.29) is 0 Å². The van der Waals surface area contributed by atoms with Gasteiger partial charge in [-0.3, -0.25) is 0 Å². The van der Waals surface area contributed by atoms with Crippen molar-refractivity contribution in [2.24, 2.45) is 0 Å². The van der Waals surface area contributed by atoms with Crippen molar-refractivity contribution >= 4 is 23.5 Å². The van der Waals surface area contributed by atoms with Gasteiger partial charge in [0.15, 0.2) is 0 Å². The van der Waals surface area contributed by atoms with Crippen LogP contribution in [0.1, 0.15) is 32.6 Å². The minimum absolute atomic E-state index is 0.986. The zero-order valence-corrected chi connectivity index (χ0v) is 8.98. The predicted octanol–water partition coefficient (Wildman–Crippen LogP) is 3.42. The lowest BCUT2D eigenvalue weighted by Crippen LogP contribution is -2.13. The van der Waals surface area contributed by atoms with Crippen molar-refractivity contribution in [3.8, 4) is 0 Å². The Morgan fingerprint density at radius 1 is 1.27 bits per heavy atom. The monoisotopic (exact) mass is 190 g/mol. The standard InChI is InChI=1S/C9H18S2/c1-2-3-4-5-9-8-10-6-7-11-9/h9H,2-8H2,1H3. The van der Waals surface area contributed by atoms with E-state index in [0.717, 1.165) is 5.25 Å². The average Bonchev–Trinajstić information content (AvgIpc) is 2.07. The van der Waals surface area contributed by atoms with Crippen LogP contribution in [0.3, 0.4) is 0 Å². The highest BCUT2D eigenvalue weighted by Gasteiger charge is 2.12. The molecular weight excluding hydrogens is 172 g/mol. The molecule has 11 heavy (non-hydrogen) atoms. The minimum Gasteiger partial charge on any atom is -0.160 e. The van der Waals surface area contributed by atoms with Gasteiger partial charge in [0.2, 0.25) is 0 Å². The summed E-state index contributed by atoms with van der Waals surface area (Å²) < 4.78 is 0. The molecule has 1 fully saturated rings. The van der Waals surface area contributed by atoms with Gasteiger partial charge in [-0.05, 0) is 6.42 Å². The Hall–Kier alpha value is 0.700. The molecule has 0 saturated carbocycles. The van der Waals surface area contributed by atoms with Gasteiger partial charge < -0.3 is 0 Å². The molecule has 1 heterocycles. The Labute approximate surface area is 78.9 Å². The summed E-state index contributed by atoms with van der Waals surface area (Å²) in [5.41, 5.74) is 0. The number of unbranched alkanes of at least 4 members (excludes halogenated alkanes) is 2. The summed E-state index contributed by atoms with van der Waals surface area (Å²) in [4.78, 5) is 0. The van der Waals surface area contributed by atoms with E-state index in [9.17, 15) is 0 Å². The van der Waals surface area contributed by atoms with Crippen molar-refractivity contribution in [2.45, 2.75) is 37.9 Å². The largest absolute Gasteiger partial charge is 0.160 e. The molecule has 2 heteroatoms. The zero-order chi connectivity index (χ0) is 7.94. The first-order valence-electron chi connectivity index (χ1n) is 4.63. The van der Waals surface area contributed by atoms with Crippen LogP contribution in [0, 0.1) is 0 Å². The first-order valence-corrected chi connectivity index (χ1v) is 6.83. The van der Waals surface area contributed by atoms with Gasteiger partial charge in [-0.2, -0.15) is 23.5 Å². The van der Waals surface area contributed by atoms with Gasteiger partial charge in [0.25, 0.3) is 0 Å². The third-order valence-electron chi connectivity index (χ3n) is 2.01. The number of thioether (sulfide) groups is 2. The Bertz CT molecular complexity index is 87.6. The lowest BCUT2D eigenvalue weighted by molar-refractivity contribution is 0.666. The van der Waals surface area contributed by atoms with Gasteiger partial charge in [-0.25, -0.2) is 0 Å². The summed E-state index contributed by atoms with van der Waals surface area (Å²) in [6.45, 7) is 2.28. The third kappa shape index (κ3) is 4.32. The molecule has 0 spiro atoms. The van der Waals surface area contributed by atoms with Crippen LogP contribution >= 0.6 is 23.5 Å². The van der Waals surface area contributed by atoms with Crippen LogP contribution in [0.25, 0.3) is 0 Å². The van der Waals surface area contributed by atoms with Gasteiger partial charge in [0.05, 0.1) is 0 Å². The highest BCUT2D eigenvalue weighted by molar-refractivity contribution is 8.06. The minimum atomic E-state index is 0.986. The van der Waals surface area contributed by atoms with E-state index in [2.05, 4.69) is 30.4 Å². The van der Waals surface area contributed by atoms with E-state index in [4.69, 9.17) is 0 Å². The van der Waals surface area contributed by atoms with E-state index < -0.39 is 0 Å². The van der Waals surface area contributed by atoms with E-state index in [1.807, 2.05) is 0 Å². The van der Waals surface area contributed by atoms with E-state index in [1.165, 1.54) is 42.9 Å². The summed E-state index contributed by atoms with van der Waals surface area (Å²) in [6.07, 6.45) is 5.71. The summed E-state index contributed by atoms with van der Waals surface area (Å²) in [5, 5.41) is 0.986. The van der Waals surface area contributed by atoms with Gasteiger partial charge >= 0.3 is 0 Å². The van der Waals surface area contributed by atoms with Crippen molar-refractivity contribution in [1.82, 2.24) is 0 Å². The molecule has 1 rings (SSSR count). The van der Waals surface area contributed by atoms with Crippen molar-refractivity contribution < 1.29 is 0 Å². The molecule has 0 bridgehead atoms. The SMILES string of the molecule is CCCCCC1CSCCS1. The van der Waals surface area contributed by atoms with Crippen LogP contribution < -0.4 is 0 Å². The number of hydrogen-bond donors (Lipinski definition) is 0. The lowest BCUT2D eigenvalue weighted by atomic mass is 10.2. The normalized spacial score (nSPS) is 25.4. The molecule has 1 aliphatic rings. The predicted molar refractivity (Wildman–Crippen MR) is 57.7 cm³/mol. The van der Waals surface area contributed by atoms with Crippen molar-refractivity contribution in [2.75, 3.05) is 17.3 Å². The smallest absolute Gasteiger partial charge is 0.0138 e. The summed E-state index contributed by atoms with van der Waals surface area (Å²) >= 11 is 4.33. The fourth-order valence-corrected chi connectivity index (χ4v) is 4.12. The van der Waals surface area contributed by atoms with Crippen molar-refractivity contribution in [1.29, 1.82) is 0 Å². The Kier molecular flexibility index (Phi) is 5.55. The topological polar surface area (TPSA) is 0 Å². The summed E-state index contributed by atoms with van der Waals surface area (Å²) in [7, 11) is 0. The van der Waals surface area contributed by atoms with E-state index in [1.54, 1.807) is 0 Å². The highest BCUT2D eigenvalue weighted by atomic mass is 32.2. The second kappa shape index (κ2) is 6.24. The first-order chi connectivity index (χ1) is 5.43. The quantitative estimate of drug-likeness (QED) is 0.623. The molecule has 0 amide bonds. The molecule has 0 aromatic heterocycles. The molecular formula is C9H18S2. The van der Waals surface area contributed by atoms with Crippen molar-refractivity contribution in [3.63, 3.8) is 0 Å². The highest BCUT2D eigenvalue weighted by Crippen LogP contribution is 2.27. The molecule has 1 saturated heterocycles. The molecule has 1 aliphatic heterocycles. The first kappa shape index (κ1) is 9.79. The average molecular weight is 190 g/mol. The van der Waals surface area contributed by atoms with Gasteiger partial charge in [-0.15, -0.1) is 0 Å². The Morgan fingerprint density at radius 3 is 2.82 bits per heavy atom. The maximum absolute atomic E-state index is 2.28. The maximum atomic E-state index is 2.28. The summed E-state index contributed by atoms with van der Waals surface area (Å²) in [5.74, 6) is 4.19. The maximum Gasteiger partial charge on any atom is 0.0138 e. The van der Waals surface area contributed by atoms with Crippen LogP contribution in [-0.4, -0.2) is 22.5 Å². The van der Waals surface area contributed by atoms with Crippen LogP contribution in [0.5, 0.6) is 0 Å². The third-order valence-corrected chi connectivity index (χ3v) is 4.93. The number of rotatable bonds is 4. The molecule has 0 nitrogen and oxygen atoms in total. The lowest BCUT2D eigenvalue weighted by Gasteiger charge is -2.20. The van der Waals surface area contributed by atoms with E-state index in [0.29, 0.717) is 0 Å². The van der Waals surface area contributed by atoms with Crippen LogP contribution in [0.15, 0.2) is 0 Å². The Balaban J connectivity index is 1.96. The Morgan fingerprint density at radius 2 is 2.18 bits per heavy atom. The van der Waals surface area contributed by atoms with Crippen LogP contribution in [0.4, 0.5) is 0 Å². The molecule has 66 valence electrons. The van der Waals surface area contributed by atoms with Crippen molar-refractivity contribution in [3.05, 3.63) is 0 Å². The van der Waals surface area contributed by atoms with Gasteiger partial charge in [-0.1, -0.05) is 26.2 Å². The second-order valence-corrected chi connectivity index (χ2v) is 5.62. The molecule has 0 aromatic carbocycles. The fourth-order valence-electron chi connectivity index (χ4n) is 1.33. The van der Waals surface area contributed by atoms with E-state index >= 15 is 0 Å². The fraction of sp³-hybridized carbons (Fsp3) is 1.00. The van der Waals surface area contributed by atoms with Gasteiger partial charge in [0.1, 0.15) is 0 Å².